The molecule has 0 amide bonds. The molecule has 0 aliphatic rings. The second-order valence-corrected chi connectivity index (χ2v) is 11.6. The highest BCUT2D eigenvalue weighted by molar-refractivity contribution is 6.11. The summed E-state index contributed by atoms with van der Waals surface area (Å²) in [5.41, 5.74) is 9.20. The molecule has 7 aromatic carbocycles. The predicted molar refractivity (Wildman–Crippen MR) is 192 cm³/mol. The smallest absolute Gasteiger partial charge is 0.164 e. The predicted octanol–water partition coefficient (Wildman–Crippen LogP) is 11.3. The van der Waals surface area contributed by atoms with Gasteiger partial charge in [-0.05, 0) is 51.2 Å². The Kier molecular flexibility index (Phi) is 6.43. The lowest BCUT2D eigenvalue weighted by molar-refractivity contribution is 0.669. The van der Waals surface area contributed by atoms with E-state index in [2.05, 4.69) is 97.1 Å². The normalized spacial score (nSPS) is 11.4. The van der Waals surface area contributed by atoms with E-state index >= 15 is 0 Å². The van der Waals surface area contributed by atoms with Crippen LogP contribution in [0.2, 0.25) is 0 Å². The van der Waals surface area contributed by atoms with Crippen LogP contribution in [-0.2, 0) is 0 Å². The third kappa shape index (κ3) is 4.84. The van der Waals surface area contributed by atoms with Crippen LogP contribution in [0.3, 0.4) is 0 Å². The van der Waals surface area contributed by atoms with Gasteiger partial charge in [0.2, 0.25) is 0 Å². The van der Waals surface area contributed by atoms with Gasteiger partial charge in [-0.25, -0.2) is 15.0 Å². The van der Waals surface area contributed by atoms with Gasteiger partial charge in [0.1, 0.15) is 11.2 Å². The van der Waals surface area contributed by atoms with Crippen LogP contribution in [-0.4, -0.2) is 15.0 Å². The summed E-state index contributed by atoms with van der Waals surface area (Å²) in [7, 11) is 0. The summed E-state index contributed by atoms with van der Waals surface area (Å²) in [5.74, 6) is 1.87. The molecule has 0 radical (unpaired) electrons. The number of nitrogens with zero attached hydrogens (tertiary/aromatic N) is 3. The maximum atomic E-state index is 6.21. The van der Waals surface area contributed by atoms with Crippen LogP contribution in [0.5, 0.6) is 0 Å². The van der Waals surface area contributed by atoms with Crippen molar-refractivity contribution in [1.82, 2.24) is 15.0 Å². The highest BCUT2D eigenvalue weighted by Gasteiger charge is 2.18. The van der Waals surface area contributed by atoms with Crippen molar-refractivity contribution >= 4 is 32.7 Å². The summed E-state index contributed by atoms with van der Waals surface area (Å²) < 4.78 is 6.21. The van der Waals surface area contributed by atoms with Crippen LogP contribution < -0.4 is 0 Å². The first-order valence-corrected chi connectivity index (χ1v) is 15.7. The molecule has 2 aromatic heterocycles. The molecule has 0 aliphatic heterocycles. The summed E-state index contributed by atoms with van der Waals surface area (Å²) >= 11 is 0. The zero-order valence-corrected chi connectivity index (χ0v) is 25.3. The van der Waals surface area contributed by atoms with Crippen LogP contribution >= 0.6 is 0 Å². The summed E-state index contributed by atoms with van der Waals surface area (Å²) in [5, 5.41) is 4.24. The van der Waals surface area contributed by atoms with Gasteiger partial charge < -0.3 is 4.42 Å². The van der Waals surface area contributed by atoms with Crippen LogP contribution in [0.4, 0.5) is 0 Å². The van der Waals surface area contributed by atoms with Crippen molar-refractivity contribution < 1.29 is 4.42 Å². The molecule has 47 heavy (non-hydrogen) atoms. The molecule has 9 aromatic rings. The molecule has 0 saturated heterocycles. The van der Waals surface area contributed by atoms with Gasteiger partial charge in [0, 0.05) is 27.5 Å². The average molecular weight is 602 g/mol. The SMILES string of the molecule is c1ccc(-c2ccc(-c3ccc4c(-c5nc(-c6ccccc6)nc(-c6cccc7oc8ccccc8c67)n5)cccc4c3)cc2)cc1. The van der Waals surface area contributed by atoms with Gasteiger partial charge in [0.15, 0.2) is 17.5 Å². The van der Waals surface area contributed by atoms with Gasteiger partial charge >= 0.3 is 0 Å². The molecule has 0 bridgehead atoms. The zero-order chi connectivity index (χ0) is 31.2. The molecule has 4 nitrogen and oxygen atoms in total. The van der Waals surface area contributed by atoms with E-state index in [0.717, 1.165) is 55.0 Å². The first-order chi connectivity index (χ1) is 23.3. The number of benzene rings is 7. The number of furan rings is 1. The Morgan fingerprint density at radius 2 is 0.894 bits per heavy atom. The van der Waals surface area contributed by atoms with Crippen LogP contribution in [0, 0.1) is 0 Å². The minimum atomic E-state index is 0.609. The van der Waals surface area contributed by atoms with Gasteiger partial charge in [-0.15, -0.1) is 0 Å². The van der Waals surface area contributed by atoms with Gasteiger partial charge in [-0.3, -0.25) is 0 Å². The summed E-state index contributed by atoms with van der Waals surface area (Å²) in [6, 6.07) is 56.4. The molecule has 220 valence electrons. The fourth-order valence-electron chi connectivity index (χ4n) is 6.44. The molecule has 4 heteroatoms. The van der Waals surface area contributed by atoms with Gasteiger partial charge in [0.25, 0.3) is 0 Å². The Morgan fingerprint density at radius 3 is 1.68 bits per heavy atom. The van der Waals surface area contributed by atoms with E-state index in [4.69, 9.17) is 19.4 Å². The number of rotatable bonds is 5. The monoisotopic (exact) mass is 601 g/mol. The fraction of sp³-hybridized carbons (Fsp3) is 0. The molecule has 0 aliphatic carbocycles. The maximum Gasteiger partial charge on any atom is 0.164 e. The highest BCUT2D eigenvalue weighted by atomic mass is 16.3. The molecule has 0 N–H and O–H groups in total. The lowest BCUT2D eigenvalue weighted by atomic mass is 9.96. The first kappa shape index (κ1) is 27.0. The van der Waals surface area contributed by atoms with Crippen LogP contribution in [0.25, 0.3) is 89.1 Å². The lowest BCUT2D eigenvalue weighted by Gasteiger charge is -2.12. The molecule has 0 fully saturated rings. The zero-order valence-electron chi connectivity index (χ0n) is 25.3. The Labute approximate surface area is 271 Å². The third-order valence-corrected chi connectivity index (χ3v) is 8.76. The minimum Gasteiger partial charge on any atom is -0.456 e. The Bertz CT molecular complexity index is 2550. The molecular formula is C43H27N3O. The molecule has 0 unspecified atom stereocenters. The molecule has 2 heterocycles. The van der Waals surface area contributed by atoms with E-state index in [0.29, 0.717) is 17.5 Å². The van der Waals surface area contributed by atoms with Crippen molar-refractivity contribution in [3.05, 3.63) is 164 Å². The van der Waals surface area contributed by atoms with Crippen LogP contribution in [0.15, 0.2) is 168 Å². The maximum absolute atomic E-state index is 6.21. The lowest BCUT2D eigenvalue weighted by Crippen LogP contribution is -2.00. The second kappa shape index (κ2) is 11.2. The number of fused-ring (bicyclic) bond motifs is 4. The van der Waals surface area contributed by atoms with Crippen molar-refractivity contribution in [3.8, 4) is 56.4 Å². The molecule has 0 atom stereocenters. The Morgan fingerprint density at radius 1 is 0.340 bits per heavy atom. The van der Waals surface area contributed by atoms with Gasteiger partial charge in [-0.1, -0.05) is 146 Å². The molecule has 0 saturated carbocycles. The number of para-hydroxylation sites is 1. The number of aromatic nitrogens is 3. The topological polar surface area (TPSA) is 51.8 Å². The van der Waals surface area contributed by atoms with E-state index in [1.54, 1.807) is 0 Å². The summed E-state index contributed by atoms with van der Waals surface area (Å²) in [4.78, 5) is 15.2. The summed E-state index contributed by atoms with van der Waals surface area (Å²) in [6.07, 6.45) is 0. The molecule has 0 spiro atoms. The number of hydrogen-bond acceptors (Lipinski definition) is 4. The Hall–Kier alpha value is -6.39. The average Bonchev–Trinajstić information content (AvgIpc) is 3.54. The van der Waals surface area contributed by atoms with E-state index in [-0.39, 0.29) is 0 Å². The summed E-state index contributed by atoms with van der Waals surface area (Å²) in [6.45, 7) is 0. The quantitative estimate of drug-likeness (QED) is 0.197. The fourth-order valence-corrected chi connectivity index (χ4v) is 6.44. The standard InChI is InChI=1S/C43H27N3O/c1-3-11-28(12-4-1)29-21-23-30(24-22-29)32-25-26-34-33(27-32)15-9-17-35(34)42-44-41(31-13-5-2-6-14-31)45-43(46-42)37-18-10-20-39-40(37)36-16-7-8-19-38(36)47-39/h1-27H. The largest absolute Gasteiger partial charge is 0.456 e. The molecular weight excluding hydrogens is 574 g/mol. The van der Waals surface area contributed by atoms with E-state index in [9.17, 15) is 0 Å². The Balaban J connectivity index is 1.19. The first-order valence-electron chi connectivity index (χ1n) is 15.7. The van der Waals surface area contributed by atoms with Gasteiger partial charge in [-0.2, -0.15) is 0 Å². The van der Waals surface area contributed by atoms with E-state index < -0.39 is 0 Å². The van der Waals surface area contributed by atoms with Crippen molar-refractivity contribution in [2.75, 3.05) is 0 Å². The van der Waals surface area contributed by atoms with Crippen molar-refractivity contribution in [2.45, 2.75) is 0 Å². The van der Waals surface area contributed by atoms with Crippen LogP contribution in [0.1, 0.15) is 0 Å². The molecule has 9 rings (SSSR count). The van der Waals surface area contributed by atoms with Gasteiger partial charge in [0.05, 0.1) is 0 Å². The highest BCUT2D eigenvalue weighted by Crippen LogP contribution is 2.37. The number of hydrogen-bond donors (Lipinski definition) is 0. The van der Waals surface area contributed by atoms with E-state index in [1.165, 1.54) is 16.7 Å². The second-order valence-electron chi connectivity index (χ2n) is 11.6. The van der Waals surface area contributed by atoms with Crippen molar-refractivity contribution in [2.24, 2.45) is 0 Å². The van der Waals surface area contributed by atoms with E-state index in [1.807, 2.05) is 66.7 Å². The van der Waals surface area contributed by atoms with Crippen molar-refractivity contribution in [1.29, 1.82) is 0 Å². The third-order valence-electron chi connectivity index (χ3n) is 8.76. The minimum absolute atomic E-state index is 0.609. The van der Waals surface area contributed by atoms with Crippen molar-refractivity contribution in [3.63, 3.8) is 0 Å².